The summed E-state index contributed by atoms with van der Waals surface area (Å²) in [4.78, 5) is 24.3. The van der Waals surface area contributed by atoms with Crippen LogP contribution in [0.4, 0.5) is 0 Å². The minimum absolute atomic E-state index is 0.00743. The highest BCUT2D eigenvalue weighted by Crippen LogP contribution is 2.09. The molecule has 1 atom stereocenters. The van der Waals surface area contributed by atoms with Crippen molar-refractivity contribution in [2.75, 3.05) is 27.3 Å². The van der Waals surface area contributed by atoms with Gasteiger partial charge in [0.05, 0.1) is 0 Å². The Hall–Kier alpha value is -1.10. The molecule has 0 bridgehead atoms. The average molecular weight is 200 g/mol. The van der Waals surface area contributed by atoms with E-state index in [4.69, 9.17) is 0 Å². The first-order chi connectivity index (χ1) is 6.65. The van der Waals surface area contributed by atoms with Crippen molar-refractivity contribution >= 4 is 11.8 Å². The van der Waals surface area contributed by atoms with E-state index in [0.717, 1.165) is 19.4 Å². The summed E-state index contributed by atoms with van der Waals surface area (Å²) in [5.74, 6) is -0.248. The molecule has 0 radical (unpaired) electrons. The molecule has 14 heavy (non-hydrogen) atoms. The SMILES string of the molecule is COCC(=O)NC1CCCN(C)C1=O. The topological polar surface area (TPSA) is 58.6 Å². The van der Waals surface area contributed by atoms with Gasteiger partial charge in [0.15, 0.2) is 0 Å². The molecule has 1 heterocycles. The van der Waals surface area contributed by atoms with Gasteiger partial charge in [-0.05, 0) is 12.8 Å². The van der Waals surface area contributed by atoms with E-state index in [-0.39, 0.29) is 24.5 Å². The number of ether oxygens (including phenoxy) is 1. The van der Waals surface area contributed by atoms with Crippen LogP contribution in [0.25, 0.3) is 0 Å². The minimum Gasteiger partial charge on any atom is -0.375 e. The van der Waals surface area contributed by atoms with Crippen molar-refractivity contribution in [3.05, 3.63) is 0 Å². The highest BCUT2D eigenvalue weighted by atomic mass is 16.5. The first-order valence-corrected chi connectivity index (χ1v) is 4.68. The summed E-state index contributed by atoms with van der Waals surface area (Å²) in [6.07, 6.45) is 1.65. The van der Waals surface area contributed by atoms with Gasteiger partial charge in [0.1, 0.15) is 12.6 Å². The van der Waals surface area contributed by atoms with Crippen LogP contribution in [0.1, 0.15) is 12.8 Å². The van der Waals surface area contributed by atoms with E-state index < -0.39 is 0 Å². The maximum atomic E-state index is 11.5. The van der Waals surface area contributed by atoms with Crippen LogP contribution >= 0.6 is 0 Å². The molecule has 1 saturated heterocycles. The standard InChI is InChI=1S/C9H16N2O3/c1-11-5-3-4-7(9(11)13)10-8(12)6-14-2/h7H,3-6H2,1-2H3,(H,10,12). The highest BCUT2D eigenvalue weighted by molar-refractivity contribution is 5.88. The molecule has 5 heteroatoms. The Labute approximate surface area is 83.4 Å². The molecule has 5 nitrogen and oxygen atoms in total. The van der Waals surface area contributed by atoms with Crippen LogP contribution in [0.15, 0.2) is 0 Å². The number of hydrogen-bond donors (Lipinski definition) is 1. The van der Waals surface area contributed by atoms with Crippen molar-refractivity contribution in [3.63, 3.8) is 0 Å². The summed E-state index contributed by atoms with van der Waals surface area (Å²) in [5.41, 5.74) is 0. The van der Waals surface area contributed by atoms with Crippen molar-refractivity contribution in [2.45, 2.75) is 18.9 Å². The number of rotatable bonds is 3. The normalized spacial score (nSPS) is 22.3. The summed E-state index contributed by atoms with van der Waals surface area (Å²) < 4.78 is 4.67. The molecule has 0 aromatic heterocycles. The largest absolute Gasteiger partial charge is 0.375 e. The van der Waals surface area contributed by atoms with Gasteiger partial charge in [0.2, 0.25) is 11.8 Å². The molecule has 1 rings (SSSR count). The van der Waals surface area contributed by atoms with Gasteiger partial charge in [0, 0.05) is 20.7 Å². The lowest BCUT2D eigenvalue weighted by Crippen LogP contribution is -2.51. The van der Waals surface area contributed by atoms with E-state index in [1.807, 2.05) is 0 Å². The Bertz CT molecular complexity index is 230. The number of methoxy groups -OCH3 is 1. The number of likely N-dealkylation sites (tertiary alicyclic amines) is 1. The first kappa shape index (κ1) is 11.0. The van der Waals surface area contributed by atoms with Crippen molar-refractivity contribution in [1.29, 1.82) is 0 Å². The molecule has 0 saturated carbocycles. The lowest BCUT2D eigenvalue weighted by Gasteiger charge is -2.29. The number of likely N-dealkylation sites (N-methyl/N-ethyl adjacent to an activating group) is 1. The van der Waals surface area contributed by atoms with E-state index in [1.54, 1.807) is 11.9 Å². The zero-order valence-corrected chi connectivity index (χ0v) is 8.58. The van der Waals surface area contributed by atoms with Crippen LogP contribution in [0.2, 0.25) is 0 Å². The van der Waals surface area contributed by atoms with Crippen LogP contribution in [0, 0.1) is 0 Å². The quantitative estimate of drug-likeness (QED) is 0.660. The second kappa shape index (κ2) is 4.95. The molecular weight excluding hydrogens is 184 g/mol. The predicted molar refractivity (Wildman–Crippen MR) is 50.7 cm³/mol. The number of amides is 2. The first-order valence-electron chi connectivity index (χ1n) is 4.68. The van der Waals surface area contributed by atoms with E-state index in [9.17, 15) is 9.59 Å². The maximum Gasteiger partial charge on any atom is 0.246 e. The summed E-state index contributed by atoms with van der Waals surface area (Å²) in [6.45, 7) is 0.781. The molecule has 1 unspecified atom stereocenters. The molecule has 80 valence electrons. The summed E-state index contributed by atoms with van der Waals surface area (Å²) in [7, 11) is 3.20. The van der Waals surface area contributed by atoms with Crippen LogP contribution in [-0.2, 0) is 14.3 Å². The molecule has 1 N–H and O–H groups in total. The minimum atomic E-state index is -0.364. The Morgan fingerprint density at radius 1 is 1.71 bits per heavy atom. The fraction of sp³-hybridized carbons (Fsp3) is 0.778. The van der Waals surface area contributed by atoms with Crippen molar-refractivity contribution in [2.24, 2.45) is 0 Å². The Morgan fingerprint density at radius 2 is 2.43 bits per heavy atom. The lowest BCUT2D eigenvalue weighted by molar-refractivity contribution is -0.138. The smallest absolute Gasteiger partial charge is 0.246 e. The number of hydrogen-bond acceptors (Lipinski definition) is 3. The molecule has 0 aromatic carbocycles. The number of piperidine rings is 1. The van der Waals surface area contributed by atoms with Crippen LogP contribution < -0.4 is 5.32 Å². The number of carbonyl (C=O) groups is 2. The fourth-order valence-electron chi connectivity index (χ4n) is 1.53. The number of nitrogens with one attached hydrogen (secondary N) is 1. The van der Waals surface area contributed by atoms with E-state index in [0.29, 0.717) is 0 Å². The van der Waals surface area contributed by atoms with Crippen LogP contribution in [-0.4, -0.2) is 50.1 Å². The molecule has 1 fully saturated rings. The van der Waals surface area contributed by atoms with Crippen molar-refractivity contribution in [3.8, 4) is 0 Å². The molecule has 0 aromatic rings. The Morgan fingerprint density at radius 3 is 3.07 bits per heavy atom. The van der Waals surface area contributed by atoms with Crippen LogP contribution in [0.3, 0.4) is 0 Å². The Balaban J connectivity index is 2.43. The number of carbonyl (C=O) groups excluding carboxylic acids is 2. The average Bonchev–Trinajstić information content (AvgIpc) is 2.13. The molecular formula is C9H16N2O3. The van der Waals surface area contributed by atoms with Crippen molar-refractivity contribution in [1.82, 2.24) is 10.2 Å². The number of nitrogens with zero attached hydrogens (tertiary/aromatic N) is 1. The van der Waals surface area contributed by atoms with Gasteiger partial charge < -0.3 is 15.0 Å². The van der Waals surface area contributed by atoms with Gasteiger partial charge in [-0.3, -0.25) is 9.59 Å². The van der Waals surface area contributed by atoms with Gasteiger partial charge in [-0.25, -0.2) is 0 Å². The summed E-state index contributed by atoms with van der Waals surface area (Å²) in [6, 6.07) is -0.364. The van der Waals surface area contributed by atoms with Gasteiger partial charge in [-0.15, -0.1) is 0 Å². The van der Waals surface area contributed by atoms with Gasteiger partial charge >= 0.3 is 0 Å². The molecule has 2 amide bonds. The maximum absolute atomic E-state index is 11.5. The predicted octanol–water partition coefficient (Wildman–Crippen LogP) is -0.630. The van der Waals surface area contributed by atoms with Crippen molar-refractivity contribution < 1.29 is 14.3 Å². The lowest BCUT2D eigenvalue weighted by atomic mass is 10.1. The second-order valence-corrected chi connectivity index (χ2v) is 3.46. The third kappa shape index (κ3) is 2.70. The highest BCUT2D eigenvalue weighted by Gasteiger charge is 2.27. The van der Waals surface area contributed by atoms with Gasteiger partial charge in [0.25, 0.3) is 0 Å². The van der Waals surface area contributed by atoms with Gasteiger partial charge in [-0.2, -0.15) is 0 Å². The molecule has 1 aliphatic heterocycles. The van der Waals surface area contributed by atoms with E-state index in [1.165, 1.54) is 7.11 Å². The molecule has 1 aliphatic rings. The molecule has 0 aliphatic carbocycles. The van der Waals surface area contributed by atoms with Crippen LogP contribution in [0.5, 0.6) is 0 Å². The van der Waals surface area contributed by atoms with E-state index in [2.05, 4.69) is 10.1 Å². The second-order valence-electron chi connectivity index (χ2n) is 3.46. The van der Waals surface area contributed by atoms with E-state index >= 15 is 0 Å². The summed E-state index contributed by atoms with van der Waals surface area (Å²) >= 11 is 0. The monoisotopic (exact) mass is 200 g/mol. The summed E-state index contributed by atoms with van der Waals surface area (Å²) in [5, 5.41) is 2.64. The molecule has 0 spiro atoms. The Kier molecular flexibility index (Phi) is 3.88. The third-order valence-electron chi connectivity index (χ3n) is 2.27. The fourth-order valence-corrected chi connectivity index (χ4v) is 1.53. The third-order valence-corrected chi connectivity index (χ3v) is 2.27. The zero-order valence-electron chi connectivity index (χ0n) is 8.58. The van der Waals surface area contributed by atoms with Gasteiger partial charge in [-0.1, -0.05) is 0 Å². The zero-order chi connectivity index (χ0) is 10.6.